The first kappa shape index (κ1) is 11.7. The monoisotopic (exact) mass is 228 g/mol. The zero-order chi connectivity index (χ0) is 12.3. The molecule has 1 aromatic carbocycles. The van der Waals surface area contributed by atoms with E-state index in [2.05, 4.69) is 17.2 Å². The smallest absolute Gasteiger partial charge is 0.227 e. The van der Waals surface area contributed by atoms with Crippen molar-refractivity contribution in [2.24, 2.45) is 11.7 Å². The van der Waals surface area contributed by atoms with Crippen molar-refractivity contribution in [1.29, 1.82) is 0 Å². The summed E-state index contributed by atoms with van der Waals surface area (Å²) in [4.78, 5) is 11.7. The maximum atomic E-state index is 11.7. The Morgan fingerprint density at radius 3 is 2.94 bits per heavy atom. The van der Waals surface area contributed by atoms with E-state index in [9.17, 15) is 4.79 Å². The number of carbonyl (C=O) groups is 1. The van der Waals surface area contributed by atoms with Gasteiger partial charge in [0.15, 0.2) is 0 Å². The molecule has 0 bridgehead atoms. The average Bonchev–Trinajstić information content (AvgIpc) is 3.13. The number of nitrogens with two attached hydrogens (primary N) is 1. The quantitative estimate of drug-likeness (QED) is 0.756. The largest absolute Gasteiger partial charge is 0.325 e. The molecule has 1 aliphatic carbocycles. The fraction of sp³-hybridized carbons (Fsp3) is 0.357. The molecule has 0 radical (unpaired) electrons. The number of hydrogen-bond acceptors (Lipinski definition) is 2. The van der Waals surface area contributed by atoms with Crippen LogP contribution in [0.5, 0.6) is 0 Å². The van der Waals surface area contributed by atoms with Crippen LogP contribution in [0.2, 0.25) is 0 Å². The standard InChI is InChI=1S/C14H16N2O/c1-10-4-7-13(12(9-10)3-2-8-15)16-14(17)11-5-6-11/h4,7,9,11H,5-6,8,15H2,1H3,(H,16,17). The van der Waals surface area contributed by atoms with Gasteiger partial charge in [-0.3, -0.25) is 4.79 Å². The Bertz CT molecular complexity index is 493. The van der Waals surface area contributed by atoms with E-state index < -0.39 is 0 Å². The molecule has 17 heavy (non-hydrogen) atoms. The second kappa shape index (κ2) is 5.03. The first-order valence-corrected chi connectivity index (χ1v) is 5.81. The van der Waals surface area contributed by atoms with Gasteiger partial charge in [-0.05, 0) is 37.5 Å². The van der Waals surface area contributed by atoms with Crippen molar-refractivity contribution in [2.45, 2.75) is 19.8 Å². The number of aryl methyl sites for hydroxylation is 1. The highest BCUT2D eigenvalue weighted by molar-refractivity contribution is 5.95. The Morgan fingerprint density at radius 2 is 2.29 bits per heavy atom. The maximum Gasteiger partial charge on any atom is 0.227 e. The lowest BCUT2D eigenvalue weighted by molar-refractivity contribution is -0.117. The molecule has 0 unspecified atom stereocenters. The van der Waals surface area contributed by atoms with Crippen LogP contribution in [0, 0.1) is 24.7 Å². The molecule has 1 saturated carbocycles. The van der Waals surface area contributed by atoms with Crippen LogP contribution in [0.1, 0.15) is 24.0 Å². The summed E-state index contributed by atoms with van der Waals surface area (Å²) in [6.07, 6.45) is 2.00. The first-order valence-electron chi connectivity index (χ1n) is 5.81. The lowest BCUT2D eigenvalue weighted by Crippen LogP contribution is -2.14. The van der Waals surface area contributed by atoms with Crippen LogP contribution in [0.3, 0.4) is 0 Å². The van der Waals surface area contributed by atoms with Gasteiger partial charge >= 0.3 is 0 Å². The Morgan fingerprint density at radius 1 is 1.53 bits per heavy atom. The molecule has 0 spiro atoms. The summed E-state index contributed by atoms with van der Waals surface area (Å²) in [5, 5.41) is 2.93. The lowest BCUT2D eigenvalue weighted by Gasteiger charge is -2.07. The molecular formula is C14H16N2O. The van der Waals surface area contributed by atoms with Crippen LogP contribution in [0.4, 0.5) is 5.69 Å². The van der Waals surface area contributed by atoms with Crippen LogP contribution >= 0.6 is 0 Å². The first-order chi connectivity index (χ1) is 8.20. The molecule has 0 aromatic heterocycles. The number of carbonyl (C=O) groups excluding carboxylic acids is 1. The van der Waals surface area contributed by atoms with E-state index >= 15 is 0 Å². The molecule has 1 aliphatic rings. The van der Waals surface area contributed by atoms with Gasteiger partial charge in [0.1, 0.15) is 0 Å². The van der Waals surface area contributed by atoms with E-state index in [4.69, 9.17) is 5.73 Å². The Hall–Kier alpha value is -1.79. The molecule has 0 atom stereocenters. The topological polar surface area (TPSA) is 55.1 Å². The molecule has 3 N–H and O–H groups in total. The van der Waals surface area contributed by atoms with Gasteiger partial charge in [-0.1, -0.05) is 17.9 Å². The number of anilines is 1. The van der Waals surface area contributed by atoms with Crippen molar-refractivity contribution >= 4 is 11.6 Å². The summed E-state index contributed by atoms with van der Waals surface area (Å²) in [6.45, 7) is 2.32. The van der Waals surface area contributed by atoms with E-state index in [-0.39, 0.29) is 11.8 Å². The zero-order valence-corrected chi connectivity index (χ0v) is 9.92. The normalized spacial score (nSPS) is 13.8. The minimum absolute atomic E-state index is 0.102. The molecule has 3 nitrogen and oxygen atoms in total. The molecule has 3 heteroatoms. The highest BCUT2D eigenvalue weighted by Crippen LogP contribution is 2.30. The molecule has 0 heterocycles. The lowest BCUT2D eigenvalue weighted by atomic mass is 10.1. The predicted molar refractivity (Wildman–Crippen MR) is 68.5 cm³/mol. The number of benzene rings is 1. The fourth-order valence-electron chi connectivity index (χ4n) is 1.60. The summed E-state index contributed by atoms with van der Waals surface area (Å²) >= 11 is 0. The second-order valence-electron chi connectivity index (χ2n) is 4.32. The predicted octanol–water partition coefficient (Wildman–Crippen LogP) is 1.65. The van der Waals surface area contributed by atoms with Crippen molar-refractivity contribution in [2.75, 3.05) is 11.9 Å². The van der Waals surface area contributed by atoms with Crippen LogP contribution < -0.4 is 11.1 Å². The molecule has 1 fully saturated rings. The number of amides is 1. The van der Waals surface area contributed by atoms with Gasteiger partial charge in [0.25, 0.3) is 0 Å². The van der Waals surface area contributed by atoms with Crippen LogP contribution in [0.25, 0.3) is 0 Å². The second-order valence-corrected chi connectivity index (χ2v) is 4.32. The SMILES string of the molecule is Cc1ccc(NC(=O)C2CC2)c(C#CCN)c1. The van der Waals surface area contributed by atoms with Crippen LogP contribution in [-0.4, -0.2) is 12.5 Å². The number of rotatable bonds is 2. The van der Waals surface area contributed by atoms with Crippen LogP contribution in [0.15, 0.2) is 18.2 Å². The third-order valence-corrected chi connectivity index (χ3v) is 2.71. The highest BCUT2D eigenvalue weighted by Gasteiger charge is 2.29. The summed E-state index contributed by atoms with van der Waals surface area (Å²) < 4.78 is 0. The van der Waals surface area contributed by atoms with Gasteiger partial charge < -0.3 is 11.1 Å². The highest BCUT2D eigenvalue weighted by atomic mass is 16.2. The summed E-state index contributed by atoms with van der Waals surface area (Å²) in [5.41, 5.74) is 8.11. The third-order valence-electron chi connectivity index (χ3n) is 2.71. The van der Waals surface area contributed by atoms with Gasteiger partial charge in [0.2, 0.25) is 5.91 Å². The molecule has 88 valence electrons. The molecule has 1 aromatic rings. The van der Waals surface area contributed by atoms with E-state index in [0.717, 1.165) is 29.7 Å². The average molecular weight is 228 g/mol. The van der Waals surface area contributed by atoms with Crippen molar-refractivity contribution in [3.63, 3.8) is 0 Å². The Kier molecular flexibility index (Phi) is 3.46. The molecule has 0 saturated heterocycles. The van der Waals surface area contributed by atoms with Gasteiger partial charge in [0.05, 0.1) is 12.2 Å². The molecule has 2 rings (SSSR count). The van der Waals surface area contributed by atoms with E-state index in [1.54, 1.807) is 0 Å². The van der Waals surface area contributed by atoms with Crippen LogP contribution in [-0.2, 0) is 4.79 Å². The van der Waals surface area contributed by atoms with Crippen molar-refractivity contribution < 1.29 is 4.79 Å². The van der Waals surface area contributed by atoms with E-state index in [1.807, 2.05) is 25.1 Å². The van der Waals surface area contributed by atoms with E-state index in [1.165, 1.54) is 0 Å². The van der Waals surface area contributed by atoms with Gasteiger partial charge in [-0.15, -0.1) is 0 Å². The fourth-order valence-corrected chi connectivity index (χ4v) is 1.60. The minimum Gasteiger partial charge on any atom is -0.325 e. The summed E-state index contributed by atoms with van der Waals surface area (Å²) in [6, 6.07) is 5.83. The molecule has 1 amide bonds. The maximum absolute atomic E-state index is 11.7. The van der Waals surface area contributed by atoms with E-state index in [0.29, 0.717) is 6.54 Å². The zero-order valence-electron chi connectivity index (χ0n) is 9.92. The third kappa shape index (κ3) is 3.08. The molecular weight excluding hydrogens is 212 g/mol. The number of nitrogens with one attached hydrogen (secondary N) is 1. The van der Waals surface area contributed by atoms with Gasteiger partial charge in [-0.2, -0.15) is 0 Å². The number of hydrogen-bond donors (Lipinski definition) is 2. The Labute approximate surface area is 101 Å². The van der Waals surface area contributed by atoms with Crippen molar-refractivity contribution in [1.82, 2.24) is 0 Å². The summed E-state index contributed by atoms with van der Waals surface area (Å²) in [5.74, 6) is 6.11. The molecule has 0 aliphatic heterocycles. The summed E-state index contributed by atoms with van der Waals surface area (Å²) in [7, 11) is 0. The van der Waals surface area contributed by atoms with Gasteiger partial charge in [-0.25, -0.2) is 0 Å². The Balaban J connectivity index is 2.21. The van der Waals surface area contributed by atoms with Gasteiger partial charge in [0, 0.05) is 11.5 Å². The van der Waals surface area contributed by atoms with Crippen molar-refractivity contribution in [3.8, 4) is 11.8 Å². The van der Waals surface area contributed by atoms with Crippen molar-refractivity contribution in [3.05, 3.63) is 29.3 Å². The minimum atomic E-state index is 0.102.